The van der Waals surface area contributed by atoms with Gasteiger partial charge < -0.3 is 15.6 Å². The molecule has 16 heavy (non-hydrogen) atoms. The van der Waals surface area contributed by atoms with E-state index >= 15 is 0 Å². The summed E-state index contributed by atoms with van der Waals surface area (Å²) >= 11 is 0. The average molecular weight is 227 g/mol. The SMILES string of the molecule is CC(C)COCCn1cc(N)c(C(=O)O)n1. The van der Waals surface area contributed by atoms with Gasteiger partial charge in [-0.3, -0.25) is 4.68 Å². The third kappa shape index (κ3) is 3.54. The van der Waals surface area contributed by atoms with Crippen molar-refractivity contribution in [3.05, 3.63) is 11.9 Å². The van der Waals surface area contributed by atoms with Crippen molar-refractivity contribution in [2.24, 2.45) is 5.92 Å². The largest absolute Gasteiger partial charge is 0.476 e. The summed E-state index contributed by atoms with van der Waals surface area (Å²) in [4.78, 5) is 10.7. The third-order valence-electron chi connectivity index (χ3n) is 1.91. The van der Waals surface area contributed by atoms with Crippen LogP contribution in [-0.4, -0.2) is 34.1 Å². The van der Waals surface area contributed by atoms with Crippen molar-refractivity contribution in [3.8, 4) is 0 Å². The highest BCUT2D eigenvalue weighted by molar-refractivity contribution is 5.91. The van der Waals surface area contributed by atoms with Crippen molar-refractivity contribution in [1.82, 2.24) is 9.78 Å². The highest BCUT2D eigenvalue weighted by atomic mass is 16.5. The maximum atomic E-state index is 10.7. The molecule has 3 N–H and O–H groups in total. The van der Waals surface area contributed by atoms with Crippen LogP contribution in [0.15, 0.2) is 6.20 Å². The number of nitrogens with two attached hydrogens (primary N) is 1. The van der Waals surface area contributed by atoms with Crippen LogP contribution in [-0.2, 0) is 11.3 Å². The summed E-state index contributed by atoms with van der Waals surface area (Å²) in [6.45, 7) is 5.81. The first-order valence-electron chi connectivity index (χ1n) is 5.14. The van der Waals surface area contributed by atoms with Crippen LogP contribution in [0.5, 0.6) is 0 Å². The fourth-order valence-electron chi connectivity index (χ4n) is 1.19. The highest BCUT2D eigenvalue weighted by Gasteiger charge is 2.12. The van der Waals surface area contributed by atoms with E-state index < -0.39 is 5.97 Å². The lowest BCUT2D eigenvalue weighted by Gasteiger charge is -2.06. The van der Waals surface area contributed by atoms with Crippen LogP contribution in [0.3, 0.4) is 0 Å². The summed E-state index contributed by atoms with van der Waals surface area (Å²) in [6, 6.07) is 0. The van der Waals surface area contributed by atoms with Crippen LogP contribution >= 0.6 is 0 Å². The molecule has 0 saturated carbocycles. The molecule has 6 heteroatoms. The van der Waals surface area contributed by atoms with Gasteiger partial charge in [-0.1, -0.05) is 13.8 Å². The number of hydrogen-bond acceptors (Lipinski definition) is 4. The molecule has 1 aromatic heterocycles. The van der Waals surface area contributed by atoms with Gasteiger partial charge in [-0.05, 0) is 5.92 Å². The zero-order valence-corrected chi connectivity index (χ0v) is 9.51. The van der Waals surface area contributed by atoms with Gasteiger partial charge in [-0.2, -0.15) is 5.10 Å². The molecule has 0 fully saturated rings. The number of carbonyl (C=O) groups is 1. The second-order valence-electron chi connectivity index (χ2n) is 3.97. The Hall–Kier alpha value is -1.56. The average Bonchev–Trinajstić information content (AvgIpc) is 2.54. The fourth-order valence-corrected chi connectivity index (χ4v) is 1.19. The second-order valence-corrected chi connectivity index (χ2v) is 3.97. The van der Waals surface area contributed by atoms with E-state index in [-0.39, 0.29) is 11.4 Å². The molecule has 0 atom stereocenters. The minimum absolute atomic E-state index is 0.108. The quantitative estimate of drug-likeness (QED) is 0.703. The number of anilines is 1. The van der Waals surface area contributed by atoms with Crippen LogP contribution < -0.4 is 5.73 Å². The summed E-state index contributed by atoms with van der Waals surface area (Å²) in [5, 5.41) is 12.6. The zero-order chi connectivity index (χ0) is 12.1. The number of aromatic carboxylic acids is 1. The van der Waals surface area contributed by atoms with Crippen molar-refractivity contribution in [1.29, 1.82) is 0 Å². The molecule has 6 nitrogen and oxygen atoms in total. The number of aromatic nitrogens is 2. The Balaban J connectivity index is 2.43. The van der Waals surface area contributed by atoms with Gasteiger partial charge in [0.25, 0.3) is 0 Å². The number of rotatable bonds is 6. The number of hydrogen-bond donors (Lipinski definition) is 2. The van der Waals surface area contributed by atoms with Crippen LogP contribution in [0.2, 0.25) is 0 Å². The summed E-state index contributed by atoms with van der Waals surface area (Å²) < 4.78 is 6.84. The van der Waals surface area contributed by atoms with Crippen molar-refractivity contribution in [2.45, 2.75) is 20.4 Å². The fraction of sp³-hybridized carbons (Fsp3) is 0.600. The van der Waals surface area contributed by atoms with Crippen LogP contribution in [0.25, 0.3) is 0 Å². The van der Waals surface area contributed by atoms with Crippen LogP contribution in [0.4, 0.5) is 5.69 Å². The summed E-state index contributed by atoms with van der Waals surface area (Å²) in [7, 11) is 0. The molecule has 0 amide bonds. The molecule has 0 aliphatic rings. The monoisotopic (exact) mass is 227 g/mol. The van der Waals surface area contributed by atoms with E-state index in [1.807, 2.05) is 0 Å². The lowest BCUT2D eigenvalue weighted by Crippen LogP contribution is -2.10. The van der Waals surface area contributed by atoms with E-state index in [1.165, 1.54) is 10.9 Å². The van der Waals surface area contributed by atoms with E-state index in [4.69, 9.17) is 15.6 Å². The van der Waals surface area contributed by atoms with Crippen molar-refractivity contribution >= 4 is 11.7 Å². The normalized spacial score (nSPS) is 10.9. The van der Waals surface area contributed by atoms with Crippen molar-refractivity contribution < 1.29 is 14.6 Å². The maximum absolute atomic E-state index is 10.7. The van der Waals surface area contributed by atoms with Crippen molar-refractivity contribution in [2.75, 3.05) is 18.9 Å². The van der Waals surface area contributed by atoms with Gasteiger partial charge in [0.1, 0.15) is 0 Å². The number of nitrogens with zero attached hydrogens (tertiary/aromatic N) is 2. The van der Waals surface area contributed by atoms with Gasteiger partial charge in [0.2, 0.25) is 0 Å². The van der Waals surface area contributed by atoms with Crippen molar-refractivity contribution in [3.63, 3.8) is 0 Å². The predicted octanol–water partition coefficient (Wildman–Crippen LogP) is 0.836. The van der Waals surface area contributed by atoms with Crippen LogP contribution in [0.1, 0.15) is 24.3 Å². The van der Waals surface area contributed by atoms with Gasteiger partial charge in [-0.25, -0.2) is 4.79 Å². The van der Waals surface area contributed by atoms with Gasteiger partial charge in [-0.15, -0.1) is 0 Å². The number of carboxylic acids is 1. The summed E-state index contributed by atoms with van der Waals surface area (Å²) in [6.07, 6.45) is 1.50. The first-order valence-corrected chi connectivity index (χ1v) is 5.14. The Morgan fingerprint density at radius 1 is 1.69 bits per heavy atom. The van der Waals surface area contributed by atoms with E-state index in [0.717, 1.165) is 0 Å². The molecule has 0 saturated heterocycles. The van der Waals surface area contributed by atoms with Gasteiger partial charge in [0.15, 0.2) is 5.69 Å². The Labute approximate surface area is 94.0 Å². The maximum Gasteiger partial charge on any atom is 0.358 e. The molecule has 0 unspecified atom stereocenters. The summed E-state index contributed by atoms with van der Waals surface area (Å²) in [5.74, 6) is -0.628. The molecular weight excluding hydrogens is 210 g/mol. The number of carboxylic acid groups (broad SMARTS) is 1. The molecule has 0 aliphatic heterocycles. The van der Waals surface area contributed by atoms with Crippen LogP contribution in [0, 0.1) is 5.92 Å². The molecule has 0 radical (unpaired) electrons. The van der Waals surface area contributed by atoms with E-state index in [2.05, 4.69) is 18.9 Å². The van der Waals surface area contributed by atoms with E-state index in [0.29, 0.717) is 25.7 Å². The van der Waals surface area contributed by atoms with E-state index in [9.17, 15) is 4.79 Å². The first-order chi connectivity index (χ1) is 7.50. The molecule has 1 rings (SSSR count). The Bertz CT molecular complexity index is 360. The lowest BCUT2D eigenvalue weighted by atomic mass is 10.2. The Morgan fingerprint density at radius 3 is 2.88 bits per heavy atom. The highest BCUT2D eigenvalue weighted by Crippen LogP contribution is 2.08. The topological polar surface area (TPSA) is 90.4 Å². The molecule has 0 aliphatic carbocycles. The molecule has 0 aromatic carbocycles. The Morgan fingerprint density at radius 2 is 2.38 bits per heavy atom. The number of ether oxygens (including phenoxy) is 1. The zero-order valence-electron chi connectivity index (χ0n) is 9.51. The second kappa shape index (κ2) is 5.50. The van der Waals surface area contributed by atoms with Gasteiger partial charge in [0, 0.05) is 12.8 Å². The smallest absolute Gasteiger partial charge is 0.358 e. The predicted molar refractivity (Wildman–Crippen MR) is 59.3 cm³/mol. The molecule has 90 valence electrons. The standard InChI is InChI=1S/C10H17N3O3/c1-7(2)6-16-4-3-13-5-8(11)9(12-13)10(14)15/h5,7H,3-4,6,11H2,1-2H3,(H,14,15). The third-order valence-corrected chi connectivity index (χ3v) is 1.91. The first kappa shape index (κ1) is 12.5. The molecule has 0 bridgehead atoms. The molecule has 1 aromatic rings. The van der Waals surface area contributed by atoms with Gasteiger partial charge >= 0.3 is 5.97 Å². The molecular formula is C10H17N3O3. The minimum Gasteiger partial charge on any atom is -0.476 e. The summed E-state index contributed by atoms with van der Waals surface area (Å²) in [5.41, 5.74) is 5.56. The number of nitrogen functional groups attached to an aromatic ring is 1. The van der Waals surface area contributed by atoms with Gasteiger partial charge in [0.05, 0.1) is 18.8 Å². The van der Waals surface area contributed by atoms with E-state index in [1.54, 1.807) is 0 Å². The molecule has 0 spiro atoms. The minimum atomic E-state index is -1.11. The lowest BCUT2D eigenvalue weighted by molar-refractivity contribution is 0.0688. The Kier molecular flexibility index (Phi) is 4.30. The molecule has 1 heterocycles.